The topological polar surface area (TPSA) is 118 Å². The summed E-state index contributed by atoms with van der Waals surface area (Å²) in [5.74, 6) is 0.538. The van der Waals surface area contributed by atoms with E-state index in [0.29, 0.717) is 24.4 Å². The highest BCUT2D eigenvalue weighted by atomic mass is 16.7. The maximum atomic E-state index is 10.8. The number of rotatable bonds is 4. The van der Waals surface area contributed by atoms with E-state index in [2.05, 4.69) is 19.9 Å². The molecule has 0 radical (unpaired) electrons. The van der Waals surface area contributed by atoms with Gasteiger partial charge in [0.05, 0.1) is 18.8 Å². The Morgan fingerprint density at radius 2 is 1.78 bits per heavy atom. The van der Waals surface area contributed by atoms with Crippen LogP contribution in [-0.2, 0) is 18.9 Å². The third kappa shape index (κ3) is 3.86. The summed E-state index contributed by atoms with van der Waals surface area (Å²) < 4.78 is 24.1. The third-order valence-electron chi connectivity index (χ3n) is 11.0. The maximum absolute atomic E-state index is 10.8. The van der Waals surface area contributed by atoms with E-state index in [0.717, 1.165) is 44.9 Å². The fraction of sp³-hybridized carbons (Fsp3) is 0.929. The molecule has 8 nitrogen and oxygen atoms in total. The first kappa shape index (κ1) is 27.0. The van der Waals surface area contributed by atoms with Gasteiger partial charge in [-0.15, -0.1) is 0 Å². The van der Waals surface area contributed by atoms with Crippen molar-refractivity contribution >= 4 is 0 Å². The van der Waals surface area contributed by atoms with Gasteiger partial charge in [0.15, 0.2) is 12.1 Å². The first-order valence-electron chi connectivity index (χ1n) is 13.9. The van der Waals surface area contributed by atoms with Crippen LogP contribution >= 0.6 is 0 Å². The van der Waals surface area contributed by atoms with Crippen molar-refractivity contribution < 1.29 is 39.4 Å². The number of ether oxygens (including phenoxy) is 4. The minimum absolute atomic E-state index is 0.0940. The highest BCUT2D eigenvalue weighted by Gasteiger charge is 2.65. The fourth-order valence-corrected chi connectivity index (χ4v) is 8.91. The van der Waals surface area contributed by atoms with Crippen LogP contribution in [0.3, 0.4) is 0 Å². The lowest BCUT2D eigenvalue weighted by Gasteiger charge is -2.64. The Morgan fingerprint density at radius 1 is 1.03 bits per heavy atom. The normalized spacial score (nSPS) is 54.0. The van der Waals surface area contributed by atoms with E-state index in [1.165, 1.54) is 5.57 Å². The van der Waals surface area contributed by atoms with Crippen LogP contribution in [0.25, 0.3) is 0 Å². The van der Waals surface area contributed by atoms with E-state index in [4.69, 9.17) is 18.9 Å². The summed E-state index contributed by atoms with van der Waals surface area (Å²) in [6, 6.07) is 0. The van der Waals surface area contributed by atoms with E-state index < -0.39 is 42.6 Å². The van der Waals surface area contributed by atoms with Gasteiger partial charge in [-0.3, -0.25) is 0 Å². The first-order chi connectivity index (χ1) is 17.0. The number of aliphatic hydroxyl groups excluding tert-OH is 4. The highest BCUT2D eigenvalue weighted by molar-refractivity contribution is 5.25. The van der Waals surface area contributed by atoms with Crippen molar-refractivity contribution in [1.29, 1.82) is 0 Å². The monoisotopic (exact) mass is 510 g/mol. The summed E-state index contributed by atoms with van der Waals surface area (Å²) in [4.78, 5) is 0. The summed E-state index contributed by atoms with van der Waals surface area (Å²) in [5.41, 5.74) is 1.29. The second kappa shape index (κ2) is 9.56. The maximum Gasteiger partial charge on any atom is 0.199 e. The van der Waals surface area contributed by atoms with Crippen molar-refractivity contribution in [2.45, 2.75) is 121 Å². The van der Waals surface area contributed by atoms with Gasteiger partial charge in [0, 0.05) is 12.5 Å². The summed E-state index contributed by atoms with van der Waals surface area (Å²) in [5, 5.41) is 41.3. The molecule has 0 aromatic rings. The molecule has 0 spiro atoms. The number of allylic oxidation sites excluding steroid dienone is 1. The molecule has 2 heterocycles. The molecule has 0 unspecified atom stereocenters. The van der Waals surface area contributed by atoms with Crippen molar-refractivity contribution in [3.8, 4) is 0 Å². The Hall–Kier alpha value is -0.580. The lowest BCUT2D eigenvalue weighted by Crippen LogP contribution is -2.67. The molecule has 5 rings (SSSR count). The molecule has 2 aliphatic heterocycles. The van der Waals surface area contributed by atoms with Gasteiger partial charge in [-0.25, -0.2) is 0 Å². The average Bonchev–Trinajstić information content (AvgIpc) is 2.85. The molecule has 4 fully saturated rings. The summed E-state index contributed by atoms with van der Waals surface area (Å²) in [6.45, 7) is 8.75. The van der Waals surface area contributed by atoms with Crippen LogP contribution < -0.4 is 0 Å². The van der Waals surface area contributed by atoms with Gasteiger partial charge in [0.1, 0.15) is 24.4 Å². The number of fused-ring (bicyclic) bond motifs is 5. The molecular formula is C28H46O8. The van der Waals surface area contributed by atoms with E-state index in [9.17, 15) is 20.4 Å². The summed E-state index contributed by atoms with van der Waals surface area (Å²) in [6.07, 6.45) is 3.09. The zero-order valence-electron chi connectivity index (χ0n) is 22.4. The minimum atomic E-state index is -1.28. The standard InChI is InChI=1S/C28H46O8/c1-15-22(30)23(31)24(32)25(35-15)36-18-8-11-26(3)17(14-18)6-7-19-20(26)9-12-27(4)21(19)10-13-34-28(27,33-5)16(2)29/h6,15-16,18-25,29-32H,7-14H2,1-5H3/t15-,16+,18+,19-,20+,21+,22+,23-,24+,25+,26+,27+,28-/m1/s1. The number of hydrogen-bond donors (Lipinski definition) is 4. The first-order valence-corrected chi connectivity index (χ1v) is 13.9. The van der Waals surface area contributed by atoms with Crippen molar-refractivity contribution in [3.05, 3.63) is 11.6 Å². The molecule has 4 N–H and O–H groups in total. The molecule has 2 saturated heterocycles. The Morgan fingerprint density at radius 3 is 2.47 bits per heavy atom. The summed E-state index contributed by atoms with van der Waals surface area (Å²) in [7, 11) is 1.67. The second-order valence-electron chi connectivity index (χ2n) is 12.6. The fourth-order valence-electron chi connectivity index (χ4n) is 8.91. The molecule has 206 valence electrons. The molecule has 13 atom stereocenters. The Kier molecular flexibility index (Phi) is 7.17. The number of methoxy groups -OCH3 is 1. The second-order valence-corrected chi connectivity index (χ2v) is 12.6. The SMILES string of the molecule is CO[C@]1([C@H](C)O)OCC[C@H]2[C@@H]3CC=C4C[C@@H](O[C@@H]5O[C@H](C)[C@H](O)[C@@H](O)[C@@H]5O)CC[C@]4(C)[C@H]3CC[C@@]21C. The van der Waals surface area contributed by atoms with E-state index in [1.54, 1.807) is 21.0 Å². The smallest absolute Gasteiger partial charge is 0.199 e. The zero-order valence-corrected chi connectivity index (χ0v) is 22.4. The molecule has 0 amide bonds. The van der Waals surface area contributed by atoms with Crippen molar-refractivity contribution in [2.24, 2.45) is 28.6 Å². The predicted molar refractivity (Wildman–Crippen MR) is 132 cm³/mol. The van der Waals surface area contributed by atoms with Gasteiger partial charge >= 0.3 is 0 Å². The number of aliphatic hydroxyl groups is 4. The van der Waals surface area contributed by atoms with Crippen molar-refractivity contribution in [3.63, 3.8) is 0 Å². The number of hydrogen-bond acceptors (Lipinski definition) is 8. The molecule has 5 aliphatic rings. The average molecular weight is 511 g/mol. The Balaban J connectivity index is 1.33. The van der Waals surface area contributed by atoms with Crippen molar-refractivity contribution in [2.75, 3.05) is 13.7 Å². The van der Waals surface area contributed by atoms with Gasteiger partial charge in [-0.05, 0) is 82.0 Å². The van der Waals surface area contributed by atoms with Crippen LogP contribution in [0.4, 0.5) is 0 Å². The molecule has 8 heteroatoms. The van der Waals surface area contributed by atoms with Crippen LogP contribution in [0.5, 0.6) is 0 Å². The lowest BCUT2D eigenvalue weighted by atomic mass is 9.45. The van der Waals surface area contributed by atoms with Gasteiger partial charge in [0.25, 0.3) is 0 Å². The zero-order chi connectivity index (χ0) is 26.0. The van der Waals surface area contributed by atoms with Gasteiger partial charge in [0.2, 0.25) is 0 Å². The molecule has 2 saturated carbocycles. The van der Waals surface area contributed by atoms with Crippen LogP contribution in [0, 0.1) is 28.6 Å². The molecular weight excluding hydrogens is 464 g/mol. The highest BCUT2D eigenvalue weighted by Crippen LogP contribution is 2.66. The predicted octanol–water partition coefficient (Wildman–Crippen LogP) is 2.51. The Bertz CT molecular complexity index is 847. The Labute approximate surface area is 215 Å². The van der Waals surface area contributed by atoms with Crippen molar-refractivity contribution in [1.82, 2.24) is 0 Å². The molecule has 0 bridgehead atoms. The van der Waals surface area contributed by atoms with E-state index in [1.807, 2.05) is 0 Å². The van der Waals surface area contributed by atoms with Crippen LogP contribution in [0.15, 0.2) is 11.6 Å². The van der Waals surface area contributed by atoms with Crippen LogP contribution in [0.2, 0.25) is 0 Å². The summed E-state index contributed by atoms with van der Waals surface area (Å²) >= 11 is 0. The van der Waals surface area contributed by atoms with Crippen LogP contribution in [-0.4, -0.2) is 82.8 Å². The van der Waals surface area contributed by atoms with Crippen LogP contribution in [0.1, 0.15) is 72.6 Å². The largest absolute Gasteiger partial charge is 0.388 e. The minimum Gasteiger partial charge on any atom is -0.388 e. The molecule has 0 aromatic heterocycles. The molecule has 36 heavy (non-hydrogen) atoms. The third-order valence-corrected chi connectivity index (χ3v) is 11.0. The van der Waals surface area contributed by atoms with E-state index >= 15 is 0 Å². The van der Waals surface area contributed by atoms with Gasteiger partial charge < -0.3 is 39.4 Å². The molecule has 0 aromatic carbocycles. The lowest BCUT2D eigenvalue weighted by molar-refractivity contribution is -0.368. The molecule has 3 aliphatic carbocycles. The quantitative estimate of drug-likeness (QED) is 0.426. The van der Waals surface area contributed by atoms with Gasteiger partial charge in [-0.2, -0.15) is 0 Å². The van der Waals surface area contributed by atoms with Gasteiger partial charge in [-0.1, -0.05) is 25.5 Å². The van der Waals surface area contributed by atoms with E-state index in [-0.39, 0.29) is 16.9 Å².